The van der Waals surface area contributed by atoms with Gasteiger partial charge in [-0.3, -0.25) is 0 Å². The molecule has 0 saturated heterocycles. The minimum absolute atomic E-state index is 0.120. The molecule has 1 aromatic heterocycles. The predicted octanol–water partition coefficient (Wildman–Crippen LogP) is 1.52. The van der Waals surface area contributed by atoms with Crippen molar-refractivity contribution in [3.05, 3.63) is 16.1 Å². The van der Waals surface area contributed by atoms with Crippen LogP contribution in [-0.4, -0.2) is 13.4 Å². The zero-order valence-corrected chi connectivity index (χ0v) is 8.13. The molecule has 0 fully saturated rings. The van der Waals surface area contributed by atoms with E-state index in [4.69, 9.17) is 10.7 Å². The van der Waals surface area contributed by atoms with Crippen LogP contribution >= 0.6 is 22.0 Å². The van der Waals surface area contributed by atoms with Crippen LogP contribution in [0.1, 0.15) is 10.6 Å². The summed E-state index contributed by atoms with van der Waals surface area (Å²) in [7, 11) is 1.62. The Hall–Kier alpha value is -0.130. The van der Waals surface area contributed by atoms with E-state index >= 15 is 0 Å². The van der Waals surface area contributed by atoms with E-state index in [0.717, 1.165) is 5.69 Å². The van der Waals surface area contributed by atoms with E-state index in [9.17, 15) is 8.42 Å². The lowest BCUT2D eigenvalue weighted by atomic mass is 10.4. The number of rotatable bonds is 2. The van der Waals surface area contributed by atoms with E-state index in [2.05, 4.69) is 4.98 Å². The summed E-state index contributed by atoms with van der Waals surface area (Å²) in [6.45, 7) is 1.76. The van der Waals surface area contributed by atoms with Gasteiger partial charge in [-0.05, 0) is 6.92 Å². The third-order valence-corrected chi connectivity index (χ3v) is 3.23. The molecule has 0 atom stereocenters. The first-order valence-electron chi connectivity index (χ1n) is 2.80. The van der Waals surface area contributed by atoms with Gasteiger partial charge in [-0.15, -0.1) is 11.3 Å². The monoisotopic (exact) mass is 211 g/mol. The Labute approximate surface area is 73.5 Å². The minimum Gasteiger partial charge on any atom is -0.250 e. The number of thiazole rings is 1. The van der Waals surface area contributed by atoms with Crippen molar-refractivity contribution in [3.8, 4) is 0 Å². The van der Waals surface area contributed by atoms with E-state index in [0.29, 0.717) is 4.88 Å². The minimum atomic E-state index is -3.43. The normalized spacial score (nSPS) is 11.8. The van der Waals surface area contributed by atoms with Crippen molar-refractivity contribution in [1.29, 1.82) is 0 Å². The van der Waals surface area contributed by atoms with Gasteiger partial charge in [-0.2, -0.15) is 0 Å². The fourth-order valence-electron chi connectivity index (χ4n) is 0.621. The topological polar surface area (TPSA) is 47.0 Å². The van der Waals surface area contributed by atoms with Crippen molar-refractivity contribution in [2.24, 2.45) is 0 Å². The molecule has 11 heavy (non-hydrogen) atoms. The molecule has 3 nitrogen and oxygen atoms in total. The van der Waals surface area contributed by atoms with Crippen molar-refractivity contribution in [1.82, 2.24) is 4.98 Å². The van der Waals surface area contributed by atoms with E-state index in [1.807, 2.05) is 0 Å². The van der Waals surface area contributed by atoms with Gasteiger partial charge >= 0.3 is 0 Å². The van der Waals surface area contributed by atoms with Gasteiger partial charge in [-0.25, -0.2) is 13.4 Å². The molecule has 0 bridgehead atoms. The summed E-state index contributed by atoms with van der Waals surface area (Å²) in [5, 5.41) is 0. The van der Waals surface area contributed by atoms with Crippen LogP contribution in [0.15, 0.2) is 5.51 Å². The molecule has 1 heterocycles. The predicted molar refractivity (Wildman–Crippen MR) is 45.3 cm³/mol. The molecule has 1 rings (SSSR count). The summed E-state index contributed by atoms with van der Waals surface area (Å²) in [5.41, 5.74) is 2.34. The van der Waals surface area contributed by atoms with Gasteiger partial charge in [0, 0.05) is 15.6 Å². The Kier molecular flexibility index (Phi) is 2.51. The first-order valence-corrected chi connectivity index (χ1v) is 6.16. The first-order chi connectivity index (χ1) is 4.99. The van der Waals surface area contributed by atoms with Gasteiger partial charge in [0.15, 0.2) is 0 Å². The number of nitrogens with zero attached hydrogens (tertiary/aromatic N) is 1. The summed E-state index contributed by atoms with van der Waals surface area (Å²) in [6.07, 6.45) is 0. The summed E-state index contributed by atoms with van der Waals surface area (Å²) in [6, 6.07) is 0. The zero-order valence-electron chi connectivity index (χ0n) is 5.74. The summed E-state index contributed by atoms with van der Waals surface area (Å²) in [5.74, 6) is -0.120. The van der Waals surface area contributed by atoms with E-state index < -0.39 is 9.05 Å². The summed E-state index contributed by atoms with van der Waals surface area (Å²) >= 11 is 1.30. The van der Waals surface area contributed by atoms with Crippen LogP contribution in [0.4, 0.5) is 0 Å². The van der Waals surface area contributed by atoms with Crippen LogP contribution in [0.2, 0.25) is 0 Å². The molecule has 0 amide bonds. The van der Waals surface area contributed by atoms with Crippen molar-refractivity contribution >= 4 is 31.1 Å². The molecule has 0 aliphatic heterocycles. The van der Waals surface area contributed by atoms with Crippen LogP contribution in [-0.2, 0) is 14.8 Å². The Morgan fingerprint density at radius 1 is 1.73 bits per heavy atom. The fraction of sp³-hybridized carbons (Fsp3) is 0.400. The third-order valence-electron chi connectivity index (χ3n) is 1.15. The second-order valence-electron chi connectivity index (χ2n) is 2.04. The molecular formula is C5H6ClNO2S2. The Bertz CT molecular complexity index is 343. The van der Waals surface area contributed by atoms with E-state index in [-0.39, 0.29) is 5.75 Å². The van der Waals surface area contributed by atoms with Gasteiger partial charge in [0.25, 0.3) is 0 Å². The van der Waals surface area contributed by atoms with Crippen LogP contribution in [0, 0.1) is 6.92 Å². The molecule has 0 aliphatic carbocycles. The standard InChI is InChI=1S/C5H6ClNO2S2/c1-4-5(10-3-7-4)2-11(6,8)9/h3H,2H2,1H3. The number of aryl methyl sites for hydroxylation is 1. The van der Waals surface area contributed by atoms with E-state index in [1.54, 1.807) is 12.4 Å². The third kappa shape index (κ3) is 2.76. The second kappa shape index (κ2) is 3.08. The molecule has 6 heteroatoms. The highest BCUT2D eigenvalue weighted by atomic mass is 35.7. The van der Waals surface area contributed by atoms with Gasteiger partial charge in [0.2, 0.25) is 9.05 Å². The maximum absolute atomic E-state index is 10.6. The molecule has 0 unspecified atom stereocenters. The van der Waals surface area contributed by atoms with Crippen LogP contribution < -0.4 is 0 Å². The number of aromatic nitrogens is 1. The lowest BCUT2D eigenvalue weighted by Gasteiger charge is -1.91. The van der Waals surface area contributed by atoms with Crippen molar-refractivity contribution in [3.63, 3.8) is 0 Å². The molecule has 0 aromatic carbocycles. The maximum atomic E-state index is 10.6. The highest BCUT2D eigenvalue weighted by molar-refractivity contribution is 8.13. The number of hydrogen-bond donors (Lipinski definition) is 0. The summed E-state index contributed by atoms with van der Waals surface area (Å²) in [4.78, 5) is 4.60. The van der Waals surface area contributed by atoms with Crippen LogP contribution in [0.25, 0.3) is 0 Å². The first kappa shape index (κ1) is 8.96. The van der Waals surface area contributed by atoms with Crippen LogP contribution in [0.5, 0.6) is 0 Å². The molecule has 0 spiro atoms. The average Bonchev–Trinajstić information content (AvgIpc) is 2.12. The van der Waals surface area contributed by atoms with Crippen LogP contribution in [0.3, 0.4) is 0 Å². The summed E-state index contributed by atoms with van der Waals surface area (Å²) < 4.78 is 21.2. The highest BCUT2D eigenvalue weighted by Gasteiger charge is 2.10. The Morgan fingerprint density at radius 3 is 2.73 bits per heavy atom. The lowest BCUT2D eigenvalue weighted by Crippen LogP contribution is -1.93. The number of hydrogen-bond acceptors (Lipinski definition) is 4. The SMILES string of the molecule is Cc1ncsc1CS(=O)(=O)Cl. The molecule has 0 aliphatic rings. The lowest BCUT2D eigenvalue weighted by molar-refractivity contribution is 0.609. The Balaban J connectivity index is 2.89. The number of halogens is 1. The maximum Gasteiger partial charge on any atom is 0.237 e. The second-order valence-corrected chi connectivity index (χ2v) is 5.76. The molecular weight excluding hydrogens is 206 g/mol. The van der Waals surface area contributed by atoms with Gasteiger partial charge in [-0.1, -0.05) is 0 Å². The smallest absolute Gasteiger partial charge is 0.237 e. The molecule has 0 N–H and O–H groups in total. The average molecular weight is 212 g/mol. The Morgan fingerprint density at radius 2 is 2.36 bits per heavy atom. The zero-order chi connectivity index (χ0) is 8.48. The van der Waals surface area contributed by atoms with Gasteiger partial charge in [0.1, 0.15) is 5.75 Å². The fourth-order valence-corrected chi connectivity index (χ4v) is 2.96. The quantitative estimate of drug-likeness (QED) is 0.697. The van der Waals surface area contributed by atoms with Crippen molar-refractivity contribution in [2.45, 2.75) is 12.7 Å². The largest absolute Gasteiger partial charge is 0.250 e. The van der Waals surface area contributed by atoms with Crippen molar-refractivity contribution < 1.29 is 8.42 Å². The van der Waals surface area contributed by atoms with Gasteiger partial charge in [0.05, 0.1) is 11.2 Å². The van der Waals surface area contributed by atoms with Gasteiger partial charge < -0.3 is 0 Å². The van der Waals surface area contributed by atoms with E-state index in [1.165, 1.54) is 11.3 Å². The van der Waals surface area contributed by atoms with Crippen molar-refractivity contribution in [2.75, 3.05) is 0 Å². The molecule has 1 aromatic rings. The molecule has 62 valence electrons. The highest BCUT2D eigenvalue weighted by Crippen LogP contribution is 2.17. The molecule has 0 radical (unpaired) electrons. The molecule has 0 saturated carbocycles.